The molecule has 0 spiro atoms. The largest absolute Gasteiger partial charge is 0.324 e. The van der Waals surface area contributed by atoms with Crippen molar-refractivity contribution in [2.45, 2.75) is 12.5 Å². The lowest BCUT2D eigenvalue weighted by atomic mass is 10.1. The van der Waals surface area contributed by atoms with E-state index in [1.54, 1.807) is 17.5 Å². The molecule has 1 unspecified atom stereocenters. The van der Waals surface area contributed by atoms with Crippen molar-refractivity contribution in [3.63, 3.8) is 0 Å². The Balaban J connectivity index is 2.20. The van der Waals surface area contributed by atoms with Crippen LogP contribution >= 0.6 is 38.9 Å². The first-order valence-corrected chi connectivity index (χ1v) is 6.81. The monoisotopic (exact) mass is 316 g/mol. The van der Waals surface area contributed by atoms with Gasteiger partial charge in [0.2, 0.25) is 0 Å². The number of halogens is 2. The second kappa shape index (κ2) is 5.27. The lowest BCUT2D eigenvalue weighted by Crippen LogP contribution is -2.13. The van der Waals surface area contributed by atoms with Gasteiger partial charge in [-0.1, -0.05) is 27.5 Å². The number of thiazole rings is 1. The van der Waals surface area contributed by atoms with Crippen LogP contribution in [-0.2, 0) is 6.42 Å². The first-order valence-electron chi connectivity index (χ1n) is 4.75. The van der Waals surface area contributed by atoms with Crippen LogP contribution in [0.25, 0.3) is 0 Å². The Hall–Kier alpha value is -0.420. The maximum atomic E-state index is 6.12. The minimum absolute atomic E-state index is 0.115. The molecule has 2 rings (SSSR count). The molecular formula is C11H10BrClN2S. The van der Waals surface area contributed by atoms with Crippen LogP contribution in [0.2, 0.25) is 5.02 Å². The Morgan fingerprint density at radius 2 is 2.31 bits per heavy atom. The quantitative estimate of drug-likeness (QED) is 0.935. The Labute approximate surface area is 112 Å². The first-order chi connectivity index (χ1) is 7.66. The summed E-state index contributed by atoms with van der Waals surface area (Å²) in [4.78, 5) is 4.22. The average Bonchev–Trinajstić information content (AvgIpc) is 2.74. The van der Waals surface area contributed by atoms with Gasteiger partial charge in [-0.3, -0.25) is 0 Å². The van der Waals surface area contributed by atoms with Crippen molar-refractivity contribution >= 4 is 38.9 Å². The molecule has 0 saturated carbocycles. The van der Waals surface area contributed by atoms with Gasteiger partial charge in [-0.2, -0.15) is 0 Å². The third-order valence-electron chi connectivity index (χ3n) is 2.24. The van der Waals surface area contributed by atoms with E-state index in [-0.39, 0.29) is 6.04 Å². The molecule has 84 valence electrons. The maximum Gasteiger partial charge on any atom is 0.0943 e. The molecule has 1 heterocycles. The Kier molecular flexibility index (Phi) is 3.97. The summed E-state index contributed by atoms with van der Waals surface area (Å²) in [6, 6.07) is 5.60. The molecule has 5 heteroatoms. The molecule has 0 aliphatic heterocycles. The Morgan fingerprint density at radius 3 is 3.00 bits per heavy atom. The summed E-state index contributed by atoms with van der Waals surface area (Å²) in [6.07, 6.45) is 2.50. The van der Waals surface area contributed by atoms with Crippen LogP contribution in [0.5, 0.6) is 0 Å². The zero-order valence-corrected chi connectivity index (χ0v) is 11.5. The van der Waals surface area contributed by atoms with Crippen molar-refractivity contribution in [1.29, 1.82) is 0 Å². The molecule has 0 aliphatic rings. The van der Waals surface area contributed by atoms with E-state index >= 15 is 0 Å². The van der Waals surface area contributed by atoms with Gasteiger partial charge in [0.05, 0.1) is 5.01 Å². The van der Waals surface area contributed by atoms with Gasteiger partial charge in [0.25, 0.3) is 0 Å². The smallest absolute Gasteiger partial charge is 0.0943 e. The highest BCUT2D eigenvalue weighted by atomic mass is 79.9. The van der Waals surface area contributed by atoms with E-state index in [0.717, 1.165) is 15.0 Å². The highest BCUT2D eigenvalue weighted by molar-refractivity contribution is 9.10. The molecule has 0 saturated heterocycles. The molecule has 16 heavy (non-hydrogen) atoms. The number of benzene rings is 1. The Bertz CT molecular complexity index is 473. The summed E-state index contributed by atoms with van der Waals surface area (Å²) in [5, 5.41) is 3.68. The fraction of sp³-hybridized carbons (Fsp3) is 0.182. The van der Waals surface area contributed by atoms with E-state index in [9.17, 15) is 0 Å². The molecule has 0 bridgehead atoms. The molecular weight excluding hydrogens is 308 g/mol. The molecule has 2 aromatic rings. The summed E-state index contributed by atoms with van der Waals surface area (Å²) in [7, 11) is 0. The fourth-order valence-electron chi connectivity index (χ4n) is 1.45. The van der Waals surface area contributed by atoms with Gasteiger partial charge in [-0.15, -0.1) is 11.3 Å². The fourth-order valence-corrected chi connectivity index (χ4v) is 2.76. The van der Waals surface area contributed by atoms with Gasteiger partial charge in [-0.25, -0.2) is 4.98 Å². The van der Waals surface area contributed by atoms with Crippen LogP contribution in [-0.4, -0.2) is 4.98 Å². The van der Waals surface area contributed by atoms with Crippen molar-refractivity contribution in [1.82, 2.24) is 4.98 Å². The lowest BCUT2D eigenvalue weighted by molar-refractivity contribution is 0.718. The second-order valence-electron chi connectivity index (χ2n) is 3.40. The zero-order chi connectivity index (χ0) is 11.5. The molecule has 0 aliphatic carbocycles. The molecule has 0 fully saturated rings. The van der Waals surface area contributed by atoms with E-state index in [1.165, 1.54) is 0 Å². The predicted octanol–water partition coefficient (Wildman–Crippen LogP) is 3.80. The van der Waals surface area contributed by atoms with Crippen LogP contribution in [0.15, 0.2) is 34.2 Å². The SMILES string of the molecule is NC(Cc1nccs1)c1cc(Br)ccc1Cl. The number of hydrogen-bond donors (Lipinski definition) is 1. The zero-order valence-electron chi connectivity index (χ0n) is 8.36. The minimum Gasteiger partial charge on any atom is -0.324 e. The van der Waals surface area contributed by atoms with Crippen molar-refractivity contribution in [3.05, 3.63) is 49.8 Å². The first kappa shape index (κ1) is 12.0. The minimum atomic E-state index is -0.115. The molecule has 1 aromatic carbocycles. The van der Waals surface area contributed by atoms with E-state index in [1.807, 2.05) is 23.6 Å². The predicted molar refractivity (Wildman–Crippen MR) is 71.9 cm³/mol. The Morgan fingerprint density at radius 1 is 1.50 bits per heavy atom. The van der Waals surface area contributed by atoms with Crippen molar-refractivity contribution < 1.29 is 0 Å². The molecule has 0 radical (unpaired) electrons. The summed E-state index contributed by atoms with van der Waals surface area (Å²) >= 11 is 11.1. The average molecular weight is 318 g/mol. The molecule has 1 aromatic heterocycles. The van der Waals surface area contributed by atoms with Gasteiger partial charge in [0.15, 0.2) is 0 Å². The van der Waals surface area contributed by atoms with Crippen molar-refractivity contribution in [2.24, 2.45) is 5.73 Å². The molecule has 1 atom stereocenters. The number of hydrogen-bond acceptors (Lipinski definition) is 3. The highest BCUT2D eigenvalue weighted by Gasteiger charge is 2.12. The summed E-state index contributed by atoms with van der Waals surface area (Å²) in [6.45, 7) is 0. The van der Waals surface area contributed by atoms with Gasteiger partial charge in [0, 0.05) is 33.5 Å². The molecule has 0 amide bonds. The normalized spacial score (nSPS) is 12.7. The summed E-state index contributed by atoms with van der Waals surface area (Å²) in [5.74, 6) is 0. The number of nitrogens with two attached hydrogens (primary N) is 1. The summed E-state index contributed by atoms with van der Waals surface area (Å²) < 4.78 is 0.987. The number of nitrogens with zero attached hydrogens (tertiary/aromatic N) is 1. The van der Waals surface area contributed by atoms with Gasteiger partial charge >= 0.3 is 0 Å². The van der Waals surface area contributed by atoms with E-state index in [2.05, 4.69) is 20.9 Å². The second-order valence-corrected chi connectivity index (χ2v) is 5.70. The van der Waals surface area contributed by atoms with Crippen LogP contribution in [0.3, 0.4) is 0 Å². The van der Waals surface area contributed by atoms with Gasteiger partial charge in [-0.05, 0) is 23.8 Å². The van der Waals surface area contributed by atoms with Crippen LogP contribution in [0.4, 0.5) is 0 Å². The van der Waals surface area contributed by atoms with E-state index in [4.69, 9.17) is 17.3 Å². The van der Waals surface area contributed by atoms with Crippen LogP contribution < -0.4 is 5.73 Å². The van der Waals surface area contributed by atoms with Crippen LogP contribution in [0, 0.1) is 0 Å². The van der Waals surface area contributed by atoms with E-state index in [0.29, 0.717) is 11.4 Å². The number of aromatic nitrogens is 1. The van der Waals surface area contributed by atoms with Gasteiger partial charge < -0.3 is 5.73 Å². The molecule has 2 N–H and O–H groups in total. The maximum absolute atomic E-state index is 6.12. The van der Waals surface area contributed by atoms with Crippen molar-refractivity contribution in [3.8, 4) is 0 Å². The van der Waals surface area contributed by atoms with Crippen LogP contribution in [0.1, 0.15) is 16.6 Å². The standard InChI is InChI=1S/C11H10BrClN2S/c12-7-1-2-9(13)8(5-7)10(14)6-11-15-3-4-16-11/h1-5,10H,6,14H2. The molecule has 2 nitrogen and oxygen atoms in total. The highest BCUT2D eigenvalue weighted by Crippen LogP contribution is 2.27. The third kappa shape index (κ3) is 2.83. The number of rotatable bonds is 3. The topological polar surface area (TPSA) is 38.9 Å². The van der Waals surface area contributed by atoms with Gasteiger partial charge in [0.1, 0.15) is 0 Å². The van der Waals surface area contributed by atoms with Crippen molar-refractivity contribution in [2.75, 3.05) is 0 Å². The van der Waals surface area contributed by atoms with E-state index < -0.39 is 0 Å². The third-order valence-corrected chi connectivity index (χ3v) is 3.87. The lowest BCUT2D eigenvalue weighted by Gasteiger charge is -2.12. The summed E-state index contributed by atoms with van der Waals surface area (Å²) in [5.41, 5.74) is 7.07.